The van der Waals surface area contributed by atoms with E-state index in [4.69, 9.17) is 25.5 Å². The fraction of sp³-hybridized carbons (Fsp3) is 0.182. The first-order valence-electron chi connectivity index (χ1n) is 5.02. The smallest absolute Gasteiger partial charge is 0.414 e. The first-order chi connectivity index (χ1) is 8.47. The topological polar surface area (TPSA) is 130 Å². The van der Waals surface area contributed by atoms with Gasteiger partial charge in [0.25, 0.3) is 5.91 Å². The summed E-state index contributed by atoms with van der Waals surface area (Å²) in [4.78, 5) is 29.4. The van der Waals surface area contributed by atoms with Crippen molar-refractivity contribution in [2.24, 2.45) is 5.73 Å². The number of hydrogen-bond acceptors (Lipinski definition) is 4. The maximum Gasteiger partial charge on any atom is 0.414 e. The summed E-state index contributed by atoms with van der Waals surface area (Å²) in [5.74, 6) is -3.63. The summed E-state index contributed by atoms with van der Waals surface area (Å²) in [6, 6.07) is 5.65. The number of fused-ring (bicyclic) bond motifs is 1. The Morgan fingerprint density at radius 3 is 2.39 bits per heavy atom. The van der Waals surface area contributed by atoms with Crippen LogP contribution in [0.1, 0.15) is 21.5 Å². The molecule has 0 unspecified atom stereocenters. The molecule has 0 saturated heterocycles. The molecular formula is C11H12N2O5. The fourth-order valence-electron chi connectivity index (χ4n) is 1.51. The maximum atomic E-state index is 11.2. The fourth-order valence-corrected chi connectivity index (χ4v) is 1.51. The summed E-state index contributed by atoms with van der Waals surface area (Å²) >= 11 is 0. The van der Waals surface area contributed by atoms with Crippen molar-refractivity contribution in [3.63, 3.8) is 0 Å². The van der Waals surface area contributed by atoms with E-state index in [-0.39, 0.29) is 5.91 Å². The molecule has 0 radical (unpaired) electrons. The lowest BCUT2D eigenvalue weighted by atomic mass is 10.0. The molecule has 7 heteroatoms. The zero-order chi connectivity index (χ0) is 13.7. The van der Waals surface area contributed by atoms with Gasteiger partial charge in [-0.05, 0) is 17.2 Å². The number of carbonyl (C=O) groups is 3. The minimum atomic E-state index is -1.82. The highest BCUT2D eigenvalue weighted by Crippen LogP contribution is 2.18. The van der Waals surface area contributed by atoms with E-state index in [1.165, 1.54) is 0 Å². The van der Waals surface area contributed by atoms with Crippen LogP contribution in [0.15, 0.2) is 18.2 Å². The second kappa shape index (κ2) is 5.78. The second-order valence-corrected chi connectivity index (χ2v) is 3.44. The molecule has 0 aromatic heterocycles. The number of hydrogen-bond donors (Lipinski definition) is 4. The SMILES string of the molecule is NCc1cccc2c1CNC2=O.O=C(O)C(=O)O. The molecule has 0 aliphatic carbocycles. The number of nitrogens with two attached hydrogens (primary N) is 1. The summed E-state index contributed by atoms with van der Waals surface area (Å²) in [5.41, 5.74) is 8.43. The summed E-state index contributed by atoms with van der Waals surface area (Å²) in [6.45, 7) is 1.12. The lowest BCUT2D eigenvalue weighted by Gasteiger charge is -2.01. The molecule has 7 nitrogen and oxygen atoms in total. The van der Waals surface area contributed by atoms with Crippen molar-refractivity contribution < 1.29 is 24.6 Å². The molecule has 2 rings (SSSR count). The molecule has 1 aliphatic heterocycles. The first-order valence-corrected chi connectivity index (χ1v) is 5.02. The van der Waals surface area contributed by atoms with Crippen LogP contribution in [0.2, 0.25) is 0 Å². The van der Waals surface area contributed by atoms with Gasteiger partial charge in [-0.15, -0.1) is 0 Å². The van der Waals surface area contributed by atoms with Gasteiger partial charge in [-0.25, -0.2) is 9.59 Å². The lowest BCUT2D eigenvalue weighted by Crippen LogP contribution is -2.12. The average molecular weight is 252 g/mol. The Balaban J connectivity index is 0.000000232. The molecule has 0 fully saturated rings. The van der Waals surface area contributed by atoms with E-state index >= 15 is 0 Å². The van der Waals surface area contributed by atoms with Crippen LogP contribution in [0.5, 0.6) is 0 Å². The standard InChI is InChI=1S/C9H10N2O.C2H2O4/c10-4-6-2-1-3-7-8(6)5-11-9(7)12;3-1(4)2(5)6/h1-3H,4-5,10H2,(H,11,12);(H,3,4)(H,5,6). The Kier molecular flexibility index (Phi) is 4.39. The van der Waals surface area contributed by atoms with Crippen LogP contribution >= 0.6 is 0 Å². The van der Waals surface area contributed by atoms with Gasteiger partial charge in [0.2, 0.25) is 0 Å². The third-order valence-corrected chi connectivity index (χ3v) is 2.35. The van der Waals surface area contributed by atoms with Gasteiger partial charge in [0.05, 0.1) is 0 Å². The van der Waals surface area contributed by atoms with E-state index < -0.39 is 11.9 Å². The largest absolute Gasteiger partial charge is 0.473 e. The highest BCUT2D eigenvalue weighted by Gasteiger charge is 2.19. The van der Waals surface area contributed by atoms with Gasteiger partial charge in [-0.2, -0.15) is 0 Å². The van der Waals surface area contributed by atoms with Gasteiger partial charge in [0.1, 0.15) is 0 Å². The van der Waals surface area contributed by atoms with Crippen molar-refractivity contribution in [1.29, 1.82) is 0 Å². The van der Waals surface area contributed by atoms with Crippen LogP contribution in [0.3, 0.4) is 0 Å². The van der Waals surface area contributed by atoms with Gasteiger partial charge in [0.15, 0.2) is 0 Å². The molecule has 5 N–H and O–H groups in total. The van der Waals surface area contributed by atoms with Gasteiger partial charge in [-0.1, -0.05) is 12.1 Å². The highest BCUT2D eigenvalue weighted by molar-refractivity contribution is 6.27. The van der Waals surface area contributed by atoms with Crippen LogP contribution < -0.4 is 11.1 Å². The van der Waals surface area contributed by atoms with Gasteiger partial charge in [-0.3, -0.25) is 4.79 Å². The zero-order valence-electron chi connectivity index (χ0n) is 9.34. The minimum Gasteiger partial charge on any atom is -0.473 e. The van der Waals surface area contributed by atoms with E-state index in [0.717, 1.165) is 16.7 Å². The quantitative estimate of drug-likeness (QED) is 0.500. The molecule has 1 amide bonds. The van der Waals surface area contributed by atoms with Crippen molar-refractivity contribution >= 4 is 17.8 Å². The number of rotatable bonds is 1. The number of carbonyl (C=O) groups excluding carboxylic acids is 1. The molecule has 1 aliphatic rings. The van der Waals surface area contributed by atoms with E-state index in [0.29, 0.717) is 13.1 Å². The zero-order valence-corrected chi connectivity index (χ0v) is 9.34. The van der Waals surface area contributed by atoms with Gasteiger partial charge < -0.3 is 21.3 Å². The van der Waals surface area contributed by atoms with E-state index in [1.54, 1.807) is 0 Å². The molecular weight excluding hydrogens is 240 g/mol. The molecule has 1 heterocycles. The third kappa shape index (κ3) is 3.05. The van der Waals surface area contributed by atoms with Crippen LogP contribution in [-0.2, 0) is 22.7 Å². The molecule has 0 bridgehead atoms. The van der Waals surface area contributed by atoms with Crippen molar-refractivity contribution in [2.75, 3.05) is 0 Å². The van der Waals surface area contributed by atoms with E-state index in [1.807, 2.05) is 18.2 Å². The van der Waals surface area contributed by atoms with Crippen molar-refractivity contribution in [1.82, 2.24) is 5.32 Å². The molecule has 0 spiro atoms. The highest BCUT2D eigenvalue weighted by atomic mass is 16.4. The van der Waals surface area contributed by atoms with Crippen molar-refractivity contribution in [2.45, 2.75) is 13.1 Å². The first kappa shape index (κ1) is 13.7. The normalized spacial score (nSPS) is 11.9. The second-order valence-electron chi connectivity index (χ2n) is 3.44. The Bertz CT molecular complexity index is 486. The number of carboxylic acids is 2. The Morgan fingerprint density at radius 1 is 1.28 bits per heavy atom. The summed E-state index contributed by atoms with van der Waals surface area (Å²) in [5, 5.41) is 17.5. The molecule has 0 atom stereocenters. The molecule has 18 heavy (non-hydrogen) atoms. The lowest BCUT2D eigenvalue weighted by molar-refractivity contribution is -0.159. The minimum absolute atomic E-state index is 0.0142. The number of amides is 1. The van der Waals surface area contributed by atoms with Crippen molar-refractivity contribution in [3.05, 3.63) is 34.9 Å². The molecule has 1 aromatic rings. The Labute approximate surface area is 102 Å². The number of carboxylic acid groups (broad SMARTS) is 2. The summed E-state index contributed by atoms with van der Waals surface area (Å²) < 4.78 is 0. The Morgan fingerprint density at radius 2 is 1.89 bits per heavy atom. The molecule has 0 saturated carbocycles. The predicted molar refractivity (Wildman–Crippen MR) is 60.8 cm³/mol. The number of nitrogens with one attached hydrogen (secondary N) is 1. The van der Waals surface area contributed by atoms with Crippen LogP contribution in [0.25, 0.3) is 0 Å². The maximum absolute atomic E-state index is 11.2. The summed E-state index contributed by atoms with van der Waals surface area (Å²) in [7, 11) is 0. The molecule has 96 valence electrons. The van der Waals surface area contributed by atoms with Gasteiger partial charge >= 0.3 is 11.9 Å². The Hall–Kier alpha value is -2.41. The van der Waals surface area contributed by atoms with Gasteiger partial charge in [0, 0.05) is 18.7 Å². The van der Waals surface area contributed by atoms with E-state index in [9.17, 15) is 4.79 Å². The predicted octanol–water partition coefficient (Wildman–Crippen LogP) is -0.456. The van der Waals surface area contributed by atoms with Crippen molar-refractivity contribution in [3.8, 4) is 0 Å². The van der Waals surface area contributed by atoms with Crippen LogP contribution in [0.4, 0.5) is 0 Å². The average Bonchev–Trinajstić information content (AvgIpc) is 2.72. The molecule has 1 aromatic carbocycles. The van der Waals surface area contributed by atoms with Crippen LogP contribution in [0, 0.1) is 0 Å². The number of aliphatic carboxylic acids is 2. The number of benzene rings is 1. The third-order valence-electron chi connectivity index (χ3n) is 2.35. The summed E-state index contributed by atoms with van der Waals surface area (Å²) in [6.07, 6.45) is 0. The van der Waals surface area contributed by atoms with Crippen LogP contribution in [-0.4, -0.2) is 28.1 Å². The van der Waals surface area contributed by atoms with E-state index in [2.05, 4.69) is 5.32 Å². The monoisotopic (exact) mass is 252 g/mol.